The van der Waals surface area contributed by atoms with Crippen LogP contribution in [0.4, 0.5) is 22.9 Å². The predicted octanol–water partition coefficient (Wildman–Crippen LogP) is 6.78. The first-order valence-corrected chi connectivity index (χ1v) is 13.9. The maximum Gasteiger partial charge on any atom is 0.179 e. The Morgan fingerprint density at radius 1 is 0.857 bits per heavy atom. The Balaban J connectivity index is 1.50. The molecule has 2 aliphatic rings. The summed E-state index contributed by atoms with van der Waals surface area (Å²) in [5.41, 5.74) is 5.37. The summed E-state index contributed by atoms with van der Waals surface area (Å²) >= 11 is 0. The molecule has 2 aromatic heterocycles. The molecule has 0 saturated carbocycles. The van der Waals surface area contributed by atoms with Crippen molar-refractivity contribution in [1.29, 1.82) is 0 Å². The summed E-state index contributed by atoms with van der Waals surface area (Å²) in [4.78, 5) is 17.2. The van der Waals surface area contributed by atoms with E-state index in [1.54, 1.807) is 13.3 Å². The Hall–Kier alpha value is -5.44. The second-order valence-electron chi connectivity index (χ2n) is 9.88. The van der Waals surface area contributed by atoms with Gasteiger partial charge in [-0.3, -0.25) is 0 Å². The van der Waals surface area contributed by atoms with Gasteiger partial charge in [0, 0.05) is 17.3 Å². The van der Waals surface area contributed by atoms with E-state index in [9.17, 15) is 0 Å². The van der Waals surface area contributed by atoms with Gasteiger partial charge in [-0.25, -0.2) is 15.0 Å². The van der Waals surface area contributed by atoms with Crippen LogP contribution in [0.15, 0.2) is 107 Å². The molecule has 9 heteroatoms. The highest BCUT2D eigenvalue weighted by Gasteiger charge is 2.42. The molecule has 208 valence electrons. The minimum atomic E-state index is -0.309. The zero-order valence-electron chi connectivity index (χ0n) is 23.5. The number of aryl methyl sites for hydroxylation is 1. The largest absolute Gasteiger partial charge is 0.496 e. The second-order valence-corrected chi connectivity index (χ2v) is 9.88. The number of amidine groups is 2. The molecule has 0 fully saturated rings. The van der Waals surface area contributed by atoms with Crippen LogP contribution in [0, 0.1) is 6.92 Å². The maximum atomic E-state index is 5.93. The van der Waals surface area contributed by atoms with Gasteiger partial charge in [-0.15, -0.1) is 0 Å². The normalized spacial score (nSPS) is 15.1. The van der Waals surface area contributed by atoms with Gasteiger partial charge >= 0.3 is 0 Å². The predicted molar refractivity (Wildman–Crippen MR) is 165 cm³/mol. The fourth-order valence-electron chi connectivity index (χ4n) is 5.60. The summed E-state index contributed by atoms with van der Waals surface area (Å²) < 4.78 is 13.6. The van der Waals surface area contributed by atoms with Gasteiger partial charge in [0.15, 0.2) is 23.3 Å². The van der Waals surface area contributed by atoms with Gasteiger partial charge in [-0.1, -0.05) is 48.5 Å². The van der Waals surface area contributed by atoms with Crippen molar-refractivity contribution in [2.45, 2.75) is 19.9 Å². The topological polar surface area (TPSA) is 89.2 Å². The molecular formula is C33H29N7O2. The summed E-state index contributed by atoms with van der Waals surface area (Å²) in [5, 5.41) is 8.50. The van der Waals surface area contributed by atoms with Gasteiger partial charge in [0.05, 0.1) is 42.5 Å². The third-order valence-corrected chi connectivity index (χ3v) is 7.38. The number of rotatable bonds is 6. The van der Waals surface area contributed by atoms with E-state index in [4.69, 9.17) is 24.6 Å². The Labute approximate surface area is 243 Å². The van der Waals surface area contributed by atoms with Crippen molar-refractivity contribution in [1.82, 2.24) is 14.8 Å². The van der Waals surface area contributed by atoms with Gasteiger partial charge in [0.2, 0.25) is 0 Å². The summed E-state index contributed by atoms with van der Waals surface area (Å²) in [6, 6.07) is 29.5. The zero-order chi connectivity index (χ0) is 28.6. The summed E-state index contributed by atoms with van der Waals surface area (Å²) in [6.07, 6.45) is 1.76. The molecule has 3 aromatic carbocycles. The lowest BCUT2D eigenvalue weighted by Crippen LogP contribution is -2.46. The lowest BCUT2D eigenvalue weighted by molar-refractivity contribution is 0.342. The van der Waals surface area contributed by atoms with Crippen LogP contribution in [0.2, 0.25) is 0 Å². The molecule has 0 bridgehead atoms. The summed E-state index contributed by atoms with van der Waals surface area (Å²) in [5.74, 6) is 4.14. The molecule has 5 aromatic rings. The molecule has 0 radical (unpaired) electrons. The number of ether oxygens (including phenoxy) is 2. The van der Waals surface area contributed by atoms with E-state index < -0.39 is 0 Å². The van der Waals surface area contributed by atoms with E-state index in [2.05, 4.69) is 27.3 Å². The third kappa shape index (κ3) is 4.17. The van der Waals surface area contributed by atoms with E-state index in [0.29, 0.717) is 29.9 Å². The smallest absolute Gasteiger partial charge is 0.179 e. The van der Waals surface area contributed by atoms with Crippen LogP contribution in [0.3, 0.4) is 0 Å². The van der Waals surface area contributed by atoms with Crippen molar-refractivity contribution < 1.29 is 9.47 Å². The van der Waals surface area contributed by atoms with Crippen molar-refractivity contribution >= 4 is 34.6 Å². The first-order chi connectivity index (χ1) is 20.7. The fraction of sp³-hybridized carbons (Fsp3) is 0.152. The first kappa shape index (κ1) is 25.5. The Morgan fingerprint density at radius 3 is 2.43 bits per heavy atom. The second kappa shape index (κ2) is 10.5. The number of methoxy groups -OCH3 is 1. The highest BCUT2D eigenvalue weighted by molar-refractivity contribution is 6.51. The Morgan fingerprint density at radius 2 is 1.62 bits per heavy atom. The van der Waals surface area contributed by atoms with E-state index in [0.717, 1.165) is 45.4 Å². The van der Waals surface area contributed by atoms with Crippen LogP contribution < -0.4 is 19.7 Å². The molecular weight excluding hydrogens is 526 g/mol. The number of nitrogens with one attached hydrogen (secondary N) is 1. The summed E-state index contributed by atoms with van der Waals surface area (Å²) in [6.45, 7) is 4.53. The van der Waals surface area contributed by atoms with Crippen LogP contribution in [0.5, 0.6) is 11.5 Å². The lowest BCUT2D eigenvalue weighted by Gasteiger charge is -2.41. The molecule has 0 aliphatic carbocycles. The van der Waals surface area contributed by atoms with Crippen molar-refractivity contribution in [3.05, 3.63) is 114 Å². The molecule has 7 rings (SSSR count). The van der Waals surface area contributed by atoms with E-state index in [-0.39, 0.29) is 6.04 Å². The van der Waals surface area contributed by atoms with Crippen LogP contribution >= 0.6 is 0 Å². The molecule has 0 amide bonds. The average Bonchev–Trinajstić information content (AvgIpc) is 3.37. The fourth-order valence-corrected chi connectivity index (χ4v) is 5.60. The van der Waals surface area contributed by atoms with Gasteiger partial charge in [0.25, 0.3) is 0 Å². The molecule has 1 N–H and O–H groups in total. The molecule has 0 spiro atoms. The number of hydrogen-bond acceptors (Lipinski definition) is 8. The average molecular weight is 556 g/mol. The standard InChI is InChI=1S/C33H29N7O2/c1-4-42-27-18-10-7-15-24(27)36-31-33-37-32-29(21(2)38-40(32)28-19-11-12-20-34-28)30(22-13-5-9-17-26(22)41-3)39(33)25-16-8-6-14-23(25)35-31/h5-20,30H,4H2,1-3H3,(H,35,36)/t30-/m1/s1. The number of benzene rings is 3. The van der Waals surface area contributed by atoms with E-state index in [1.807, 2.05) is 97.4 Å². The highest BCUT2D eigenvalue weighted by atomic mass is 16.5. The SMILES string of the molecule is CCOc1ccccc1NC1=Nc2ccccc2N2C1=Nc1c(c(C)nn1-c1ccccn1)[C@H]2c1ccccc1OC. The highest BCUT2D eigenvalue weighted by Crippen LogP contribution is 2.49. The zero-order valence-corrected chi connectivity index (χ0v) is 23.5. The van der Waals surface area contributed by atoms with Gasteiger partial charge in [0.1, 0.15) is 11.5 Å². The number of para-hydroxylation sites is 5. The summed E-state index contributed by atoms with van der Waals surface area (Å²) in [7, 11) is 1.70. The molecule has 4 heterocycles. The van der Waals surface area contributed by atoms with Crippen molar-refractivity contribution in [2.75, 3.05) is 23.9 Å². The molecule has 9 nitrogen and oxygen atoms in total. The number of pyridine rings is 1. The number of hydrogen-bond donors (Lipinski definition) is 1. The Kier molecular flexibility index (Phi) is 6.39. The lowest BCUT2D eigenvalue weighted by atomic mass is 9.92. The van der Waals surface area contributed by atoms with Crippen molar-refractivity contribution in [2.24, 2.45) is 9.98 Å². The number of fused-ring (bicyclic) bond motifs is 4. The van der Waals surface area contributed by atoms with Crippen LogP contribution in [-0.4, -0.2) is 40.2 Å². The number of anilines is 2. The monoisotopic (exact) mass is 555 g/mol. The minimum absolute atomic E-state index is 0.309. The van der Waals surface area contributed by atoms with Gasteiger partial charge in [-0.2, -0.15) is 9.78 Å². The first-order valence-electron chi connectivity index (χ1n) is 13.9. The van der Waals surface area contributed by atoms with Crippen molar-refractivity contribution in [3.63, 3.8) is 0 Å². The van der Waals surface area contributed by atoms with Gasteiger partial charge < -0.3 is 19.7 Å². The molecule has 2 aliphatic heterocycles. The van der Waals surface area contributed by atoms with Crippen LogP contribution in [0.1, 0.15) is 29.8 Å². The van der Waals surface area contributed by atoms with Gasteiger partial charge in [-0.05, 0) is 56.3 Å². The van der Waals surface area contributed by atoms with E-state index in [1.165, 1.54) is 0 Å². The van der Waals surface area contributed by atoms with Crippen LogP contribution in [-0.2, 0) is 0 Å². The third-order valence-electron chi connectivity index (χ3n) is 7.38. The van der Waals surface area contributed by atoms with Crippen LogP contribution in [0.25, 0.3) is 5.82 Å². The number of aromatic nitrogens is 3. The van der Waals surface area contributed by atoms with Crippen molar-refractivity contribution in [3.8, 4) is 17.3 Å². The Bertz CT molecular complexity index is 1840. The molecule has 0 unspecified atom stereocenters. The van der Waals surface area contributed by atoms with E-state index >= 15 is 0 Å². The molecule has 42 heavy (non-hydrogen) atoms. The number of aliphatic imine (C=N–C) groups is 2. The minimum Gasteiger partial charge on any atom is -0.496 e. The maximum absolute atomic E-state index is 5.93. The number of nitrogens with zero attached hydrogens (tertiary/aromatic N) is 6. The molecule has 0 saturated heterocycles. The molecule has 1 atom stereocenters. The quantitative estimate of drug-likeness (QED) is 0.249.